The quantitative estimate of drug-likeness (QED) is 0.900. The fraction of sp³-hybridized carbons (Fsp3) is 0.750. The van der Waals surface area contributed by atoms with Crippen molar-refractivity contribution in [3.05, 3.63) is 18.0 Å². The van der Waals surface area contributed by atoms with Crippen molar-refractivity contribution in [3.63, 3.8) is 0 Å². The third-order valence-corrected chi connectivity index (χ3v) is 3.26. The summed E-state index contributed by atoms with van der Waals surface area (Å²) in [6.07, 6.45) is 4.14. The van der Waals surface area contributed by atoms with Crippen LogP contribution in [0.2, 0.25) is 0 Å². The average Bonchev–Trinajstić information content (AvgIpc) is 2.69. The number of likely N-dealkylation sites (tertiary alicyclic amines) is 1. The number of piperidine rings is 1. The van der Waals surface area contributed by atoms with E-state index in [0.717, 1.165) is 32.5 Å². The van der Waals surface area contributed by atoms with E-state index in [-0.39, 0.29) is 12.4 Å². The van der Waals surface area contributed by atoms with Crippen molar-refractivity contribution in [1.29, 1.82) is 0 Å². The van der Waals surface area contributed by atoms with Crippen LogP contribution in [0, 0.1) is 0 Å². The number of nitrogens with zero attached hydrogens (tertiary/aromatic N) is 3. The molecule has 1 aliphatic heterocycles. The van der Waals surface area contributed by atoms with Gasteiger partial charge in [-0.2, -0.15) is 5.10 Å². The molecule has 0 unspecified atom stereocenters. The van der Waals surface area contributed by atoms with Gasteiger partial charge >= 0.3 is 0 Å². The minimum atomic E-state index is 0. The highest BCUT2D eigenvalue weighted by atomic mass is 35.5. The van der Waals surface area contributed by atoms with Crippen molar-refractivity contribution in [2.45, 2.75) is 45.3 Å². The van der Waals surface area contributed by atoms with E-state index in [9.17, 15) is 0 Å². The van der Waals surface area contributed by atoms with Gasteiger partial charge in [0.15, 0.2) is 0 Å². The molecule has 0 atom stereocenters. The van der Waals surface area contributed by atoms with E-state index < -0.39 is 0 Å². The van der Waals surface area contributed by atoms with Gasteiger partial charge in [-0.05, 0) is 32.8 Å². The zero-order valence-corrected chi connectivity index (χ0v) is 11.5. The van der Waals surface area contributed by atoms with Crippen molar-refractivity contribution in [2.75, 3.05) is 13.1 Å². The molecular formula is C12H23ClN4. The SMILES string of the molecule is CC(C)n1nccc1CN1CCC(N)CC1.Cl. The number of rotatable bonds is 3. The van der Waals surface area contributed by atoms with Gasteiger partial charge in [-0.1, -0.05) is 0 Å². The molecule has 4 nitrogen and oxygen atoms in total. The van der Waals surface area contributed by atoms with Gasteiger partial charge in [0.05, 0.1) is 5.69 Å². The maximum Gasteiger partial charge on any atom is 0.0527 e. The van der Waals surface area contributed by atoms with Gasteiger partial charge in [0, 0.05) is 37.9 Å². The first kappa shape index (κ1) is 14.5. The van der Waals surface area contributed by atoms with Crippen molar-refractivity contribution < 1.29 is 0 Å². The summed E-state index contributed by atoms with van der Waals surface area (Å²) in [4.78, 5) is 2.47. The highest BCUT2D eigenvalue weighted by Gasteiger charge is 2.17. The highest BCUT2D eigenvalue weighted by molar-refractivity contribution is 5.85. The summed E-state index contributed by atoms with van der Waals surface area (Å²) in [5.74, 6) is 0. The summed E-state index contributed by atoms with van der Waals surface area (Å²) in [5, 5.41) is 4.36. The van der Waals surface area contributed by atoms with Crippen molar-refractivity contribution in [2.24, 2.45) is 5.73 Å². The first-order chi connectivity index (χ1) is 7.66. The number of aromatic nitrogens is 2. The lowest BCUT2D eigenvalue weighted by Crippen LogP contribution is -2.39. The molecule has 0 amide bonds. The normalized spacial score (nSPS) is 18.4. The second kappa shape index (κ2) is 6.38. The van der Waals surface area contributed by atoms with Crippen LogP contribution < -0.4 is 5.73 Å². The Morgan fingerprint density at radius 3 is 2.65 bits per heavy atom. The Kier molecular flexibility index (Phi) is 5.43. The number of nitrogens with two attached hydrogens (primary N) is 1. The van der Waals surface area contributed by atoms with Gasteiger partial charge in [-0.3, -0.25) is 9.58 Å². The van der Waals surface area contributed by atoms with E-state index in [2.05, 4.69) is 34.6 Å². The van der Waals surface area contributed by atoms with Gasteiger partial charge < -0.3 is 5.73 Å². The van der Waals surface area contributed by atoms with Gasteiger partial charge in [0.2, 0.25) is 0 Å². The minimum absolute atomic E-state index is 0. The van der Waals surface area contributed by atoms with Gasteiger partial charge in [-0.25, -0.2) is 0 Å². The standard InChI is InChI=1S/C12H22N4.ClH/c1-10(2)16-12(3-6-14-16)9-15-7-4-11(13)5-8-15;/h3,6,10-11H,4-5,7-9,13H2,1-2H3;1H. The van der Waals surface area contributed by atoms with E-state index in [1.165, 1.54) is 5.69 Å². The third-order valence-electron chi connectivity index (χ3n) is 3.26. The largest absolute Gasteiger partial charge is 0.328 e. The molecule has 2 N–H and O–H groups in total. The van der Waals surface area contributed by atoms with Gasteiger partial charge in [0.1, 0.15) is 0 Å². The molecule has 17 heavy (non-hydrogen) atoms. The Morgan fingerprint density at radius 2 is 2.06 bits per heavy atom. The fourth-order valence-corrected chi connectivity index (χ4v) is 2.27. The average molecular weight is 259 g/mol. The van der Waals surface area contributed by atoms with Gasteiger partial charge in [0.25, 0.3) is 0 Å². The minimum Gasteiger partial charge on any atom is -0.328 e. The zero-order valence-electron chi connectivity index (χ0n) is 10.7. The Hall–Kier alpha value is -0.580. The first-order valence-corrected chi connectivity index (χ1v) is 6.17. The molecule has 1 fully saturated rings. The molecule has 1 saturated heterocycles. The Balaban J connectivity index is 0.00000144. The van der Waals surface area contributed by atoms with Crippen LogP contribution in [-0.2, 0) is 6.54 Å². The highest BCUT2D eigenvalue weighted by Crippen LogP contribution is 2.14. The molecule has 0 aromatic carbocycles. The van der Waals surface area contributed by atoms with Crippen LogP contribution in [0.1, 0.15) is 38.4 Å². The second-order valence-corrected chi connectivity index (χ2v) is 4.97. The number of hydrogen-bond donors (Lipinski definition) is 1. The maximum absolute atomic E-state index is 5.90. The van der Waals surface area contributed by atoms with Crippen LogP contribution >= 0.6 is 12.4 Å². The van der Waals surface area contributed by atoms with Crippen molar-refractivity contribution in [1.82, 2.24) is 14.7 Å². The summed E-state index contributed by atoms with van der Waals surface area (Å²) in [7, 11) is 0. The van der Waals surface area contributed by atoms with E-state index in [0.29, 0.717) is 12.1 Å². The van der Waals surface area contributed by atoms with Crippen LogP contribution in [0.15, 0.2) is 12.3 Å². The predicted molar refractivity (Wildman–Crippen MR) is 72.3 cm³/mol. The molecule has 0 radical (unpaired) electrons. The van der Waals surface area contributed by atoms with E-state index in [1.54, 1.807) is 0 Å². The van der Waals surface area contributed by atoms with Gasteiger partial charge in [-0.15, -0.1) is 12.4 Å². The van der Waals surface area contributed by atoms with Crippen LogP contribution in [0.25, 0.3) is 0 Å². The molecule has 1 aromatic heterocycles. The lowest BCUT2D eigenvalue weighted by molar-refractivity contribution is 0.199. The van der Waals surface area contributed by atoms with E-state index >= 15 is 0 Å². The second-order valence-electron chi connectivity index (χ2n) is 4.97. The van der Waals surface area contributed by atoms with E-state index in [4.69, 9.17) is 5.73 Å². The topological polar surface area (TPSA) is 47.1 Å². The molecule has 0 aliphatic carbocycles. The van der Waals surface area contributed by atoms with Crippen LogP contribution in [-0.4, -0.2) is 33.8 Å². The summed E-state index contributed by atoms with van der Waals surface area (Å²) in [5.41, 5.74) is 7.21. The molecule has 1 aliphatic rings. The lowest BCUT2D eigenvalue weighted by atomic mass is 10.1. The summed E-state index contributed by atoms with van der Waals surface area (Å²) >= 11 is 0. The van der Waals surface area contributed by atoms with Crippen LogP contribution in [0.3, 0.4) is 0 Å². The predicted octanol–water partition coefficient (Wildman–Crippen LogP) is 1.81. The summed E-state index contributed by atoms with van der Waals surface area (Å²) in [6, 6.07) is 2.97. The molecule has 98 valence electrons. The molecule has 0 bridgehead atoms. The molecule has 2 rings (SSSR count). The lowest BCUT2D eigenvalue weighted by Gasteiger charge is -2.30. The molecule has 2 heterocycles. The molecule has 5 heteroatoms. The Morgan fingerprint density at radius 1 is 1.41 bits per heavy atom. The Labute approximate surface area is 110 Å². The van der Waals surface area contributed by atoms with E-state index in [1.807, 2.05) is 6.20 Å². The smallest absolute Gasteiger partial charge is 0.0527 e. The van der Waals surface area contributed by atoms with Crippen molar-refractivity contribution in [3.8, 4) is 0 Å². The maximum atomic E-state index is 5.90. The monoisotopic (exact) mass is 258 g/mol. The third kappa shape index (κ3) is 3.69. The first-order valence-electron chi connectivity index (χ1n) is 6.17. The molecule has 1 aromatic rings. The van der Waals surface area contributed by atoms with Crippen molar-refractivity contribution >= 4 is 12.4 Å². The summed E-state index contributed by atoms with van der Waals surface area (Å²) < 4.78 is 2.11. The number of hydrogen-bond acceptors (Lipinski definition) is 3. The fourth-order valence-electron chi connectivity index (χ4n) is 2.27. The van der Waals surface area contributed by atoms with Crippen LogP contribution in [0.5, 0.6) is 0 Å². The molecular weight excluding hydrogens is 236 g/mol. The molecule has 0 spiro atoms. The van der Waals surface area contributed by atoms with Crippen LogP contribution in [0.4, 0.5) is 0 Å². The number of halogens is 1. The zero-order chi connectivity index (χ0) is 11.5. The Bertz CT molecular complexity index is 329. The summed E-state index contributed by atoms with van der Waals surface area (Å²) in [6.45, 7) is 7.57. The molecule has 0 saturated carbocycles.